The van der Waals surface area contributed by atoms with Gasteiger partial charge in [0.1, 0.15) is 12.2 Å². The van der Waals surface area contributed by atoms with Gasteiger partial charge in [0, 0.05) is 13.7 Å². The van der Waals surface area contributed by atoms with Crippen molar-refractivity contribution in [2.45, 2.75) is 44.4 Å². The highest BCUT2D eigenvalue weighted by molar-refractivity contribution is 4.87. The monoisotopic (exact) mass is 202 g/mol. The maximum absolute atomic E-state index is 5.81. The van der Waals surface area contributed by atoms with Crippen LogP contribution in [0.25, 0.3) is 0 Å². The second-order valence-corrected chi connectivity index (χ2v) is 4.27. The molecular formula is C10H18O4. The van der Waals surface area contributed by atoms with Gasteiger partial charge in [-0.05, 0) is 20.3 Å². The lowest BCUT2D eigenvalue weighted by molar-refractivity contribution is -0.337. The van der Waals surface area contributed by atoms with Crippen molar-refractivity contribution in [2.24, 2.45) is 0 Å². The topological polar surface area (TPSA) is 36.9 Å². The third kappa shape index (κ3) is 1.93. The smallest absolute Gasteiger partial charge is 0.163 e. The lowest BCUT2D eigenvalue weighted by Gasteiger charge is -2.45. The normalized spacial score (nSPS) is 41.8. The highest BCUT2D eigenvalue weighted by Gasteiger charge is 2.43. The summed E-state index contributed by atoms with van der Waals surface area (Å²) in [5.41, 5.74) is 0. The zero-order valence-corrected chi connectivity index (χ0v) is 8.99. The van der Waals surface area contributed by atoms with E-state index in [2.05, 4.69) is 0 Å². The van der Waals surface area contributed by atoms with Crippen LogP contribution in [0, 0.1) is 0 Å². The first-order chi connectivity index (χ1) is 6.62. The Balaban J connectivity index is 2.06. The van der Waals surface area contributed by atoms with E-state index in [0.29, 0.717) is 6.61 Å². The molecule has 0 radical (unpaired) electrons. The molecule has 0 saturated carbocycles. The Morgan fingerprint density at radius 3 is 2.86 bits per heavy atom. The first-order valence-corrected chi connectivity index (χ1v) is 5.08. The van der Waals surface area contributed by atoms with E-state index in [-0.39, 0.29) is 18.3 Å². The lowest BCUT2D eigenvalue weighted by Crippen LogP contribution is -2.57. The predicted molar refractivity (Wildman–Crippen MR) is 50.1 cm³/mol. The Labute approximate surface area is 84.5 Å². The van der Waals surface area contributed by atoms with Crippen molar-refractivity contribution in [1.82, 2.24) is 0 Å². The van der Waals surface area contributed by atoms with E-state index >= 15 is 0 Å². The van der Waals surface area contributed by atoms with Crippen molar-refractivity contribution in [3.8, 4) is 0 Å². The summed E-state index contributed by atoms with van der Waals surface area (Å²) in [6.07, 6.45) is 1.07. The standard InChI is InChI=1S/C10H18O4/c1-10(2)13-6-8-9(14-10)7(11-3)4-5-12-8/h7-9H,4-6H2,1-3H3/t7-,8-,9+/m1/s1. The summed E-state index contributed by atoms with van der Waals surface area (Å²) in [6.45, 7) is 5.17. The first kappa shape index (κ1) is 10.4. The van der Waals surface area contributed by atoms with E-state index in [4.69, 9.17) is 18.9 Å². The van der Waals surface area contributed by atoms with Crippen LogP contribution in [0.15, 0.2) is 0 Å². The molecule has 3 atom stereocenters. The largest absolute Gasteiger partial charge is 0.379 e. The molecule has 0 N–H and O–H groups in total. The summed E-state index contributed by atoms with van der Waals surface area (Å²) in [4.78, 5) is 0. The van der Waals surface area contributed by atoms with Crippen LogP contribution in [0.3, 0.4) is 0 Å². The molecule has 4 nitrogen and oxygen atoms in total. The molecule has 0 amide bonds. The van der Waals surface area contributed by atoms with Gasteiger partial charge in [-0.2, -0.15) is 0 Å². The van der Waals surface area contributed by atoms with Crippen LogP contribution in [-0.4, -0.2) is 44.4 Å². The minimum Gasteiger partial charge on any atom is -0.379 e. The molecule has 2 fully saturated rings. The molecule has 2 heterocycles. The van der Waals surface area contributed by atoms with Crippen LogP contribution < -0.4 is 0 Å². The molecule has 0 aromatic carbocycles. The highest BCUT2D eigenvalue weighted by atomic mass is 16.7. The Bertz CT molecular complexity index is 198. The lowest BCUT2D eigenvalue weighted by atomic mass is 10.0. The molecule has 4 heteroatoms. The van der Waals surface area contributed by atoms with Crippen LogP contribution in [0.5, 0.6) is 0 Å². The Kier molecular flexibility index (Phi) is 2.79. The summed E-state index contributed by atoms with van der Waals surface area (Å²) in [6, 6.07) is 0. The second kappa shape index (κ2) is 3.77. The third-order valence-corrected chi connectivity index (χ3v) is 2.79. The molecular weight excluding hydrogens is 184 g/mol. The summed E-state index contributed by atoms with van der Waals surface area (Å²) in [7, 11) is 1.72. The maximum atomic E-state index is 5.81. The number of hydrogen-bond acceptors (Lipinski definition) is 4. The van der Waals surface area contributed by atoms with Gasteiger partial charge in [0.25, 0.3) is 0 Å². The van der Waals surface area contributed by atoms with Crippen molar-refractivity contribution in [2.75, 3.05) is 20.3 Å². The summed E-state index contributed by atoms with van der Waals surface area (Å²) >= 11 is 0. The van der Waals surface area contributed by atoms with E-state index in [1.54, 1.807) is 7.11 Å². The van der Waals surface area contributed by atoms with Gasteiger partial charge >= 0.3 is 0 Å². The summed E-state index contributed by atoms with van der Waals surface area (Å²) in [5.74, 6) is -0.515. The molecule has 2 saturated heterocycles. The minimum absolute atomic E-state index is 0.0116. The molecule has 0 aromatic rings. The molecule has 82 valence electrons. The van der Waals surface area contributed by atoms with E-state index in [1.165, 1.54) is 0 Å². The quantitative estimate of drug-likeness (QED) is 0.634. The molecule has 2 aliphatic heterocycles. The molecule has 0 aliphatic carbocycles. The van der Waals surface area contributed by atoms with Crippen molar-refractivity contribution in [3.05, 3.63) is 0 Å². The molecule has 0 aromatic heterocycles. The fourth-order valence-corrected chi connectivity index (χ4v) is 2.03. The van der Waals surface area contributed by atoms with Crippen molar-refractivity contribution >= 4 is 0 Å². The van der Waals surface area contributed by atoms with Crippen molar-refractivity contribution < 1.29 is 18.9 Å². The van der Waals surface area contributed by atoms with Crippen molar-refractivity contribution in [1.29, 1.82) is 0 Å². The Morgan fingerprint density at radius 2 is 2.14 bits per heavy atom. The molecule has 2 aliphatic rings. The Morgan fingerprint density at radius 1 is 1.36 bits per heavy atom. The van der Waals surface area contributed by atoms with Gasteiger partial charge in [-0.25, -0.2) is 0 Å². The van der Waals surface area contributed by atoms with Crippen LogP contribution in [-0.2, 0) is 18.9 Å². The van der Waals surface area contributed by atoms with Gasteiger partial charge in [0.05, 0.1) is 12.7 Å². The zero-order chi connectivity index (χ0) is 10.2. The Hall–Kier alpha value is -0.160. The maximum Gasteiger partial charge on any atom is 0.163 e. The van der Waals surface area contributed by atoms with Crippen LogP contribution in [0.1, 0.15) is 20.3 Å². The number of fused-ring (bicyclic) bond motifs is 1. The second-order valence-electron chi connectivity index (χ2n) is 4.27. The molecule has 2 rings (SSSR count). The van der Waals surface area contributed by atoms with Gasteiger partial charge < -0.3 is 18.9 Å². The fraction of sp³-hybridized carbons (Fsp3) is 1.00. The van der Waals surface area contributed by atoms with Crippen molar-refractivity contribution in [3.63, 3.8) is 0 Å². The highest BCUT2D eigenvalue weighted by Crippen LogP contribution is 2.30. The van der Waals surface area contributed by atoms with E-state index in [9.17, 15) is 0 Å². The van der Waals surface area contributed by atoms with Crippen LogP contribution >= 0.6 is 0 Å². The summed E-state index contributed by atoms with van der Waals surface area (Å²) in [5, 5.41) is 0. The molecule has 0 bridgehead atoms. The van der Waals surface area contributed by atoms with Gasteiger partial charge in [-0.3, -0.25) is 0 Å². The number of hydrogen-bond donors (Lipinski definition) is 0. The average molecular weight is 202 g/mol. The van der Waals surface area contributed by atoms with Crippen LogP contribution in [0.2, 0.25) is 0 Å². The first-order valence-electron chi connectivity index (χ1n) is 5.08. The van der Waals surface area contributed by atoms with Gasteiger partial charge in [0.2, 0.25) is 0 Å². The SMILES string of the molecule is CO[C@@H]1CCO[C@@H]2COC(C)(C)O[C@@H]12. The van der Waals surface area contributed by atoms with Crippen LogP contribution in [0.4, 0.5) is 0 Å². The van der Waals surface area contributed by atoms with Gasteiger partial charge in [0.15, 0.2) is 5.79 Å². The molecule has 0 spiro atoms. The molecule has 0 unspecified atom stereocenters. The average Bonchev–Trinajstić information content (AvgIpc) is 2.15. The fourth-order valence-electron chi connectivity index (χ4n) is 2.03. The zero-order valence-electron chi connectivity index (χ0n) is 8.99. The number of methoxy groups -OCH3 is 1. The third-order valence-electron chi connectivity index (χ3n) is 2.79. The predicted octanol–water partition coefficient (Wildman–Crippen LogP) is 0.942. The number of ether oxygens (including phenoxy) is 4. The van der Waals surface area contributed by atoms with E-state index in [1.807, 2.05) is 13.8 Å². The minimum atomic E-state index is -0.515. The van der Waals surface area contributed by atoms with Gasteiger partial charge in [-0.1, -0.05) is 0 Å². The van der Waals surface area contributed by atoms with E-state index in [0.717, 1.165) is 13.0 Å². The van der Waals surface area contributed by atoms with Gasteiger partial charge in [-0.15, -0.1) is 0 Å². The molecule has 14 heavy (non-hydrogen) atoms. The van der Waals surface area contributed by atoms with E-state index < -0.39 is 5.79 Å². The number of rotatable bonds is 1. The summed E-state index contributed by atoms with van der Waals surface area (Å²) < 4.78 is 22.3.